The van der Waals surface area contributed by atoms with Crippen molar-refractivity contribution in [2.75, 3.05) is 5.88 Å². The maximum absolute atomic E-state index is 12.7. The summed E-state index contributed by atoms with van der Waals surface area (Å²) >= 11 is 5.81. The molecule has 0 radical (unpaired) electrons. The van der Waals surface area contributed by atoms with Crippen molar-refractivity contribution in [2.45, 2.75) is 45.4 Å². The number of hydrogen-bond acceptors (Lipinski definition) is 3. The number of benzene rings is 1. The summed E-state index contributed by atoms with van der Waals surface area (Å²) < 4.78 is 7.83. The topological polar surface area (TPSA) is 44.1 Å². The average Bonchev–Trinajstić information content (AvgIpc) is 2.58. The minimum atomic E-state index is -0.125. The molecule has 1 atom stereocenters. The van der Waals surface area contributed by atoms with Crippen LogP contribution in [0.3, 0.4) is 0 Å². The fraction of sp³-hybridized carbons (Fsp3) is 0.444. The molecule has 1 aliphatic rings. The molecule has 0 aliphatic carbocycles. The van der Waals surface area contributed by atoms with Crippen molar-refractivity contribution < 1.29 is 4.74 Å². The first-order valence-electron chi connectivity index (χ1n) is 8.02. The predicted octanol–water partition coefficient (Wildman–Crippen LogP) is 3.38. The molecule has 2 aromatic rings. The van der Waals surface area contributed by atoms with Crippen LogP contribution < -0.4 is 5.56 Å². The van der Waals surface area contributed by atoms with Crippen molar-refractivity contribution >= 4 is 11.6 Å². The maximum Gasteiger partial charge on any atom is 0.257 e. The Kier molecular flexibility index (Phi) is 5.13. The van der Waals surface area contributed by atoms with Gasteiger partial charge in [0.1, 0.15) is 11.9 Å². The van der Waals surface area contributed by atoms with E-state index in [2.05, 4.69) is 4.98 Å². The van der Waals surface area contributed by atoms with E-state index < -0.39 is 0 Å². The molecule has 23 heavy (non-hydrogen) atoms. The van der Waals surface area contributed by atoms with Crippen LogP contribution in [-0.2, 0) is 24.3 Å². The SMILES string of the molecule is Cc1nc2n(c(=O)c1CCCl)CCCC2OCc1ccccc1. The van der Waals surface area contributed by atoms with Crippen LogP contribution in [0.25, 0.3) is 0 Å². The second kappa shape index (κ2) is 7.28. The highest BCUT2D eigenvalue weighted by atomic mass is 35.5. The fourth-order valence-corrected chi connectivity index (χ4v) is 3.25. The first-order valence-corrected chi connectivity index (χ1v) is 8.56. The summed E-state index contributed by atoms with van der Waals surface area (Å²) in [4.78, 5) is 17.3. The molecular weight excluding hydrogens is 312 g/mol. The van der Waals surface area contributed by atoms with Crippen molar-refractivity contribution in [1.82, 2.24) is 9.55 Å². The molecule has 3 rings (SSSR count). The van der Waals surface area contributed by atoms with Gasteiger partial charge in [-0.1, -0.05) is 30.3 Å². The minimum Gasteiger partial charge on any atom is -0.366 e. The minimum absolute atomic E-state index is 0.0427. The third-order valence-electron chi connectivity index (χ3n) is 4.27. The Labute approximate surface area is 141 Å². The normalized spacial score (nSPS) is 17.0. The molecule has 0 amide bonds. The van der Waals surface area contributed by atoms with Gasteiger partial charge in [-0.2, -0.15) is 0 Å². The molecule has 122 valence electrons. The molecule has 4 nitrogen and oxygen atoms in total. The number of hydrogen-bond donors (Lipinski definition) is 0. The molecule has 0 fully saturated rings. The monoisotopic (exact) mass is 332 g/mol. The number of fused-ring (bicyclic) bond motifs is 1. The molecule has 0 saturated heterocycles. The van der Waals surface area contributed by atoms with E-state index in [1.165, 1.54) is 0 Å². The summed E-state index contributed by atoms with van der Waals surface area (Å²) in [7, 11) is 0. The Hall–Kier alpha value is -1.65. The quantitative estimate of drug-likeness (QED) is 0.788. The zero-order valence-corrected chi connectivity index (χ0v) is 14.1. The van der Waals surface area contributed by atoms with E-state index in [1.54, 1.807) is 4.57 Å². The lowest BCUT2D eigenvalue weighted by atomic mass is 10.1. The second-order valence-corrected chi connectivity index (χ2v) is 6.24. The lowest BCUT2D eigenvalue weighted by molar-refractivity contribution is 0.0143. The van der Waals surface area contributed by atoms with Crippen LogP contribution in [0.15, 0.2) is 35.1 Å². The number of nitrogens with zero attached hydrogens (tertiary/aromatic N) is 2. The van der Waals surface area contributed by atoms with E-state index in [1.807, 2.05) is 37.3 Å². The van der Waals surface area contributed by atoms with Gasteiger partial charge in [-0.25, -0.2) is 4.98 Å². The van der Waals surface area contributed by atoms with Gasteiger partial charge in [-0.3, -0.25) is 9.36 Å². The summed E-state index contributed by atoms with van der Waals surface area (Å²) in [5.41, 5.74) is 2.67. The van der Waals surface area contributed by atoms with Crippen molar-refractivity contribution in [2.24, 2.45) is 0 Å². The predicted molar refractivity (Wildman–Crippen MR) is 90.9 cm³/mol. The summed E-state index contributed by atoms with van der Waals surface area (Å²) in [5, 5.41) is 0. The van der Waals surface area contributed by atoms with Crippen LogP contribution in [0.5, 0.6) is 0 Å². The van der Waals surface area contributed by atoms with Gasteiger partial charge < -0.3 is 4.74 Å². The highest BCUT2D eigenvalue weighted by Gasteiger charge is 2.25. The highest BCUT2D eigenvalue weighted by Crippen LogP contribution is 2.27. The number of halogens is 1. The highest BCUT2D eigenvalue weighted by molar-refractivity contribution is 6.17. The summed E-state index contributed by atoms with van der Waals surface area (Å²) in [6.45, 7) is 3.12. The van der Waals surface area contributed by atoms with Gasteiger partial charge >= 0.3 is 0 Å². The Balaban J connectivity index is 1.86. The van der Waals surface area contributed by atoms with Crippen LogP contribution in [0, 0.1) is 6.92 Å². The second-order valence-electron chi connectivity index (χ2n) is 5.86. The zero-order chi connectivity index (χ0) is 16.2. The van der Waals surface area contributed by atoms with E-state index in [4.69, 9.17) is 16.3 Å². The van der Waals surface area contributed by atoms with Crippen molar-refractivity contribution in [3.05, 3.63) is 63.3 Å². The number of rotatable bonds is 5. The molecule has 0 bridgehead atoms. The van der Waals surface area contributed by atoms with Gasteiger partial charge in [0.05, 0.1) is 6.61 Å². The van der Waals surface area contributed by atoms with E-state index >= 15 is 0 Å². The molecule has 1 aromatic heterocycles. The molecule has 0 spiro atoms. The van der Waals surface area contributed by atoms with Gasteiger partial charge in [0.25, 0.3) is 5.56 Å². The third kappa shape index (κ3) is 3.48. The lowest BCUT2D eigenvalue weighted by Crippen LogP contribution is -2.34. The lowest BCUT2D eigenvalue weighted by Gasteiger charge is -2.27. The number of aromatic nitrogens is 2. The van der Waals surface area contributed by atoms with Gasteiger partial charge in [-0.05, 0) is 31.7 Å². The van der Waals surface area contributed by atoms with Crippen LogP contribution in [0.4, 0.5) is 0 Å². The Morgan fingerprint density at radius 3 is 2.87 bits per heavy atom. The number of ether oxygens (including phenoxy) is 1. The summed E-state index contributed by atoms with van der Waals surface area (Å²) in [5.74, 6) is 1.19. The maximum atomic E-state index is 12.7. The first kappa shape index (κ1) is 16.2. The Morgan fingerprint density at radius 1 is 1.35 bits per heavy atom. The molecule has 1 unspecified atom stereocenters. The number of aryl methyl sites for hydroxylation is 1. The molecule has 5 heteroatoms. The van der Waals surface area contributed by atoms with Gasteiger partial charge in [0.2, 0.25) is 0 Å². The van der Waals surface area contributed by atoms with Gasteiger partial charge in [0.15, 0.2) is 0 Å². The Morgan fingerprint density at radius 2 is 2.13 bits per heavy atom. The van der Waals surface area contributed by atoms with Crippen molar-refractivity contribution in [3.63, 3.8) is 0 Å². The van der Waals surface area contributed by atoms with E-state index in [0.717, 1.165) is 35.5 Å². The standard InChI is InChI=1S/C18H21ClN2O2/c1-13-15(9-10-19)18(22)21-11-5-8-16(17(21)20-13)23-12-14-6-3-2-4-7-14/h2-4,6-7,16H,5,8-12H2,1H3. The van der Waals surface area contributed by atoms with E-state index in [9.17, 15) is 4.79 Å². The molecule has 0 N–H and O–H groups in total. The Bertz CT molecular complexity index is 728. The third-order valence-corrected chi connectivity index (χ3v) is 4.46. The van der Waals surface area contributed by atoms with Gasteiger partial charge in [0, 0.05) is 23.7 Å². The van der Waals surface area contributed by atoms with Crippen LogP contribution in [-0.4, -0.2) is 15.4 Å². The molecule has 1 aliphatic heterocycles. The fourth-order valence-electron chi connectivity index (χ4n) is 3.06. The molecule has 1 aromatic carbocycles. The smallest absolute Gasteiger partial charge is 0.257 e. The van der Waals surface area contributed by atoms with Crippen LogP contribution in [0.2, 0.25) is 0 Å². The van der Waals surface area contributed by atoms with E-state index in [-0.39, 0.29) is 11.7 Å². The van der Waals surface area contributed by atoms with Crippen molar-refractivity contribution in [1.29, 1.82) is 0 Å². The van der Waals surface area contributed by atoms with Crippen molar-refractivity contribution in [3.8, 4) is 0 Å². The average molecular weight is 333 g/mol. The largest absolute Gasteiger partial charge is 0.366 e. The van der Waals surface area contributed by atoms with Crippen LogP contribution >= 0.6 is 11.6 Å². The van der Waals surface area contributed by atoms with E-state index in [0.29, 0.717) is 25.5 Å². The molecule has 2 heterocycles. The van der Waals surface area contributed by atoms with Crippen LogP contribution in [0.1, 0.15) is 41.6 Å². The molecular formula is C18H21ClN2O2. The summed E-state index contributed by atoms with van der Waals surface area (Å²) in [6.07, 6.45) is 2.26. The van der Waals surface area contributed by atoms with Gasteiger partial charge in [-0.15, -0.1) is 11.6 Å². The molecule has 0 saturated carbocycles. The summed E-state index contributed by atoms with van der Waals surface area (Å²) in [6, 6.07) is 10.1. The first-order chi connectivity index (χ1) is 11.2. The number of alkyl halides is 1. The zero-order valence-electron chi connectivity index (χ0n) is 13.3.